The summed E-state index contributed by atoms with van der Waals surface area (Å²) in [5.74, 6) is -0.907. The minimum atomic E-state index is -0.290. The van der Waals surface area contributed by atoms with Gasteiger partial charge in [0.1, 0.15) is 0 Å². The number of benzene rings is 6. The molecule has 4 amide bonds. The highest BCUT2D eigenvalue weighted by atomic mass is 16.2. The third kappa shape index (κ3) is 6.55. The second kappa shape index (κ2) is 16.0. The standard InChI is InChI=1S/C52H51N3O4/c1-4-6-8-10-12-36(13-11-9-7-5-2)55-51(58)43-28-24-39-37-22-26-41-47-42(27-23-38(45(37)47)40-25-29-44(52(55)59)48(43)46(39)40)50(57)54(49(41)56)31-33-16-20-35(21-17-33)34-18-14-32(15-19-34)30-53-3/h14-22,24-26,28-30,36H,4-13,23,27,31H2,1-3H3. The lowest BCUT2D eigenvalue weighted by Crippen LogP contribution is -2.47. The summed E-state index contributed by atoms with van der Waals surface area (Å²) >= 11 is 0. The molecule has 2 aliphatic heterocycles. The molecule has 0 saturated heterocycles. The molecule has 6 aromatic rings. The van der Waals surface area contributed by atoms with E-state index in [0.717, 1.165) is 130 Å². The Morgan fingerprint density at radius 2 is 1.15 bits per heavy atom. The van der Waals surface area contributed by atoms with Crippen molar-refractivity contribution in [3.63, 3.8) is 0 Å². The first-order valence-electron chi connectivity index (χ1n) is 21.7. The summed E-state index contributed by atoms with van der Waals surface area (Å²) in [6.07, 6.45) is 13.4. The van der Waals surface area contributed by atoms with Gasteiger partial charge in [-0.3, -0.25) is 34.0 Å². The number of unbranched alkanes of at least 4 members (excludes halogenated alkanes) is 6. The molecular formula is C52H51N3O4. The quantitative estimate of drug-likeness (QED) is 0.0341. The predicted octanol–water partition coefficient (Wildman–Crippen LogP) is 10.8. The first-order chi connectivity index (χ1) is 28.8. The number of hydrogen-bond donors (Lipinski definition) is 0. The molecule has 0 radical (unpaired) electrons. The van der Waals surface area contributed by atoms with Crippen LogP contribution < -0.4 is 5.22 Å². The van der Waals surface area contributed by atoms with E-state index in [0.29, 0.717) is 35.1 Å². The summed E-state index contributed by atoms with van der Waals surface area (Å²) in [7, 11) is 1.76. The van der Waals surface area contributed by atoms with Crippen molar-refractivity contribution in [3.8, 4) is 11.1 Å². The molecule has 298 valence electrons. The zero-order valence-electron chi connectivity index (χ0n) is 34.4. The lowest BCUT2D eigenvalue weighted by atomic mass is 9.78. The normalized spacial score (nSPS) is 15.1. The fourth-order valence-electron chi connectivity index (χ4n) is 10.1. The molecule has 0 unspecified atom stereocenters. The summed E-state index contributed by atoms with van der Waals surface area (Å²) in [4.78, 5) is 64.7. The number of amides is 4. The van der Waals surface area contributed by atoms with E-state index in [2.05, 4.69) is 31.0 Å². The molecule has 0 aromatic heterocycles. The van der Waals surface area contributed by atoms with Crippen molar-refractivity contribution >= 4 is 67.7 Å². The van der Waals surface area contributed by atoms with Gasteiger partial charge in [-0.15, -0.1) is 0 Å². The largest absolute Gasteiger partial charge is 0.296 e. The van der Waals surface area contributed by atoms with E-state index in [4.69, 9.17) is 0 Å². The van der Waals surface area contributed by atoms with Crippen molar-refractivity contribution in [1.82, 2.24) is 9.80 Å². The number of imide groups is 2. The Hall–Kier alpha value is -5.95. The van der Waals surface area contributed by atoms with E-state index in [-0.39, 0.29) is 36.2 Å². The van der Waals surface area contributed by atoms with E-state index in [9.17, 15) is 19.2 Å². The molecule has 0 spiro atoms. The van der Waals surface area contributed by atoms with Crippen LogP contribution in [0.2, 0.25) is 0 Å². The number of carbonyl (C=O) groups excluding carboxylic acids is 4. The van der Waals surface area contributed by atoms with Gasteiger partial charge in [-0.1, -0.05) is 132 Å². The van der Waals surface area contributed by atoms with Crippen LogP contribution in [0.3, 0.4) is 0 Å². The third-order valence-electron chi connectivity index (χ3n) is 13.1. The lowest BCUT2D eigenvalue weighted by molar-refractivity contribution is -0.123. The number of carbonyl (C=O) groups is 4. The van der Waals surface area contributed by atoms with Gasteiger partial charge in [0.25, 0.3) is 23.6 Å². The molecule has 3 aliphatic rings. The zero-order valence-corrected chi connectivity index (χ0v) is 34.4. The van der Waals surface area contributed by atoms with E-state index >= 15 is 0 Å². The second-order valence-electron chi connectivity index (χ2n) is 16.7. The number of aryl methyl sites for hydroxylation is 1. The van der Waals surface area contributed by atoms with Crippen molar-refractivity contribution in [2.75, 3.05) is 7.05 Å². The Balaban J connectivity index is 1.07. The minimum absolute atomic E-state index is 0.119. The average Bonchev–Trinajstić information content (AvgIpc) is 3.26. The summed E-state index contributed by atoms with van der Waals surface area (Å²) in [5, 5.41) is 6.21. The summed E-state index contributed by atoms with van der Waals surface area (Å²) in [6, 6.07) is 27.9. The molecule has 9 rings (SSSR count). The first kappa shape index (κ1) is 38.6. The SMILES string of the molecule is CCCCCCC(CCCCCC)N1C(=O)c2ccc3c4c5c6c(ccc5c5ccc(c2c35)C1=O)C(=O)N(Cc1ccc(-c2ccc(C=NC)cc2)cc1)C(=O)C=6CC4. The Morgan fingerprint density at radius 3 is 1.76 bits per heavy atom. The van der Waals surface area contributed by atoms with Crippen LogP contribution >= 0.6 is 0 Å². The number of rotatable bonds is 15. The zero-order chi connectivity index (χ0) is 40.8. The molecule has 7 nitrogen and oxygen atoms in total. The Morgan fingerprint density at radius 1 is 0.576 bits per heavy atom. The van der Waals surface area contributed by atoms with Crippen LogP contribution in [-0.2, 0) is 17.8 Å². The predicted molar refractivity (Wildman–Crippen MR) is 238 cm³/mol. The number of hydrogen-bond acceptors (Lipinski definition) is 5. The van der Waals surface area contributed by atoms with E-state index in [1.807, 2.05) is 79.0 Å². The molecule has 6 aromatic carbocycles. The van der Waals surface area contributed by atoms with Gasteiger partial charge in [0.05, 0.1) is 6.54 Å². The first-order valence-corrected chi connectivity index (χ1v) is 21.7. The maximum atomic E-state index is 14.5. The molecule has 2 heterocycles. The van der Waals surface area contributed by atoms with Crippen molar-refractivity contribution in [1.29, 1.82) is 0 Å². The molecule has 0 saturated carbocycles. The highest BCUT2D eigenvalue weighted by molar-refractivity contribution is 6.35. The highest BCUT2D eigenvalue weighted by Gasteiger charge is 2.40. The fraction of sp³-hybridized carbons (Fsp3) is 0.327. The van der Waals surface area contributed by atoms with E-state index in [1.165, 1.54) is 4.90 Å². The number of fused-ring (bicyclic) bond motifs is 2. The maximum absolute atomic E-state index is 14.5. The van der Waals surface area contributed by atoms with Gasteiger partial charge >= 0.3 is 0 Å². The topological polar surface area (TPSA) is 87.1 Å². The third-order valence-corrected chi connectivity index (χ3v) is 13.1. The van der Waals surface area contributed by atoms with Crippen LogP contribution in [0.15, 0.2) is 89.9 Å². The van der Waals surface area contributed by atoms with Gasteiger partial charge in [-0.2, -0.15) is 0 Å². The van der Waals surface area contributed by atoms with Gasteiger partial charge in [0, 0.05) is 52.2 Å². The summed E-state index contributed by atoms with van der Waals surface area (Å²) < 4.78 is 0. The van der Waals surface area contributed by atoms with Gasteiger partial charge in [0.2, 0.25) is 0 Å². The maximum Gasteiger partial charge on any atom is 0.261 e. The van der Waals surface area contributed by atoms with Crippen molar-refractivity contribution in [3.05, 3.63) is 124 Å². The molecule has 7 heteroatoms. The van der Waals surface area contributed by atoms with Crippen molar-refractivity contribution < 1.29 is 19.2 Å². The monoisotopic (exact) mass is 781 g/mol. The van der Waals surface area contributed by atoms with Gasteiger partial charge in [0.15, 0.2) is 0 Å². The van der Waals surface area contributed by atoms with Crippen LogP contribution in [0.5, 0.6) is 0 Å². The molecule has 0 atom stereocenters. The van der Waals surface area contributed by atoms with Crippen LogP contribution in [0.4, 0.5) is 0 Å². The van der Waals surface area contributed by atoms with Crippen LogP contribution in [0.1, 0.15) is 132 Å². The van der Waals surface area contributed by atoms with Crippen molar-refractivity contribution in [2.24, 2.45) is 4.99 Å². The number of aliphatic imine (C=N–C) groups is 1. The highest BCUT2D eigenvalue weighted by Crippen LogP contribution is 2.44. The molecule has 59 heavy (non-hydrogen) atoms. The van der Waals surface area contributed by atoms with Crippen LogP contribution in [-0.4, -0.2) is 52.7 Å². The Bertz CT molecular complexity index is 2730. The molecular weight excluding hydrogens is 731 g/mol. The lowest BCUT2D eigenvalue weighted by Gasteiger charge is -2.35. The fourth-order valence-corrected chi connectivity index (χ4v) is 10.1. The molecule has 1 aliphatic carbocycles. The van der Waals surface area contributed by atoms with Crippen molar-refractivity contribution in [2.45, 2.75) is 103 Å². The van der Waals surface area contributed by atoms with Gasteiger partial charge < -0.3 is 0 Å². The molecule has 0 bridgehead atoms. The van der Waals surface area contributed by atoms with E-state index < -0.39 is 0 Å². The average molecular weight is 782 g/mol. The number of nitrogens with zero attached hydrogens (tertiary/aromatic N) is 3. The minimum Gasteiger partial charge on any atom is -0.296 e. The Labute approximate surface area is 345 Å². The molecule has 0 N–H and O–H groups in total. The summed E-state index contributed by atoms with van der Waals surface area (Å²) in [6.45, 7) is 4.58. The summed E-state index contributed by atoms with van der Waals surface area (Å²) in [5.41, 5.74) is 7.52. The Kier molecular flexibility index (Phi) is 10.5. The van der Waals surface area contributed by atoms with Gasteiger partial charge in [-0.25, -0.2) is 0 Å². The van der Waals surface area contributed by atoms with Gasteiger partial charge in [-0.05, 0) is 98.6 Å². The molecule has 0 fully saturated rings. The van der Waals surface area contributed by atoms with Crippen LogP contribution in [0, 0.1) is 0 Å². The van der Waals surface area contributed by atoms with Crippen LogP contribution in [0.25, 0.3) is 49.0 Å². The van der Waals surface area contributed by atoms with E-state index in [1.54, 1.807) is 11.9 Å². The second-order valence-corrected chi connectivity index (χ2v) is 16.7. The smallest absolute Gasteiger partial charge is 0.261 e.